The molecule has 5 nitrogen and oxygen atoms in total. The molecule has 2 heterocycles. The van der Waals surface area contributed by atoms with Crippen molar-refractivity contribution in [2.75, 3.05) is 20.8 Å². The first kappa shape index (κ1) is 16.5. The molecular formula is C21H22N2O3. The molecule has 1 N–H and O–H groups in total. The number of carbonyl (C=O) groups excluding carboxylic acids is 1. The molecule has 0 saturated carbocycles. The number of amides is 1. The highest BCUT2D eigenvalue weighted by Crippen LogP contribution is 2.31. The van der Waals surface area contributed by atoms with Crippen molar-refractivity contribution in [2.45, 2.75) is 19.4 Å². The standard InChI is InChI=1S/C21H22N2O3/c1-25-15-7-8-18-16(12-15)17-13-23(10-9-19(17)22-18)21(24)11-14-5-3-4-6-20(14)26-2/h3-8,12,22H,9-11,13H2,1-2H3. The van der Waals surface area contributed by atoms with Gasteiger partial charge in [0, 0.05) is 47.2 Å². The van der Waals surface area contributed by atoms with Gasteiger partial charge < -0.3 is 19.4 Å². The second-order valence-electron chi connectivity index (χ2n) is 6.55. The van der Waals surface area contributed by atoms with Crippen LogP contribution in [0.15, 0.2) is 42.5 Å². The summed E-state index contributed by atoms with van der Waals surface area (Å²) in [6.07, 6.45) is 1.19. The molecule has 134 valence electrons. The van der Waals surface area contributed by atoms with Gasteiger partial charge in [0.2, 0.25) is 5.91 Å². The van der Waals surface area contributed by atoms with Crippen LogP contribution in [0.25, 0.3) is 10.9 Å². The van der Waals surface area contributed by atoms with E-state index >= 15 is 0 Å². The van der Waals surface area contributed by atoms with E-state index < -0.39 is 0 Å². The van der Waals surface area contributed by atoms with Gasteiger partial charge in [0.15, 0.2) is 0 Å². The second-order valence-corrected chi connectivity index (χ2v) is 6.55. The Hall–Kier alpha value is -2.95. The summed E-state index contributed by atoms with van der Waals surface area (Å²) < 4.78 is 10.7. The molecule has 0 aliphatic carbocycles. The molecule has 0 radical (unpaired) electrons. The van der Waals surface area contributed by atoms with Crippen LogP contribution in [-0.2, 0) is 24.2 Å². The summed E-state index contributed by atoms with van der Waals surface area (Å²) in [5.74, 6) is 1.71. The number of aromatic amines is 1. The Labute approximate surface area is 152 Å². The van der Waals surface area contributed by atoms with Crippen molar-refractivity contribution in [3.05, 3.63) is 59.3 Å². The van der Waals surface area contributed by atoms with Crippen molar-refractivity contribution in [1.82, 2.24) is 9.88 Å². The summed E-state index contributed by atoms with van der Waals surface area (Å²) in [5, 5.41) is 1.13. The van der Waals surface area contributed by atoms with E-state index in [-0.39, 0.29) is 5.91 Å². The van der Waals surface area contributed by atoms with Crippen LogP contribution in [0.3, 0.4) is 0 Å². The number of methoxy groups -OCH3 is 2. The average molecular weight is 350 g/mol. The number of benzene rings is 2. The van der Waals surface area contributed by atoms with Crippen LogP contribution in [0, 0.1) is 0 Å². The number of ether oxygens (including phenoxy) is 2. The molecule has 0 unspecified atom stereocenters. The molecule has 1 aliphatic rings. The SMILES string of the molecule is COc1ccc2[nH]c3c(c2c1)CN(C(=O)Cc1ccccc1OC)CC3. The van der Waals surface area contributed by atoms with E-state index in [1.54, 1.807) is 14.2 Å². The predicted molar refractivity (Wildman–Crippen MR) is 101 cm³/mol. The van der Waals surface area contributed by atoms with Gasteiger partial charge in [-0.2, -0.15) is 0 Å². The fourth-order valence-corrected chi connectivity index (χ4v) is 3.66. The van der Waals surface area contributed by atoms with Gasteiger partial charge in [-0.1, -0.05) is 18.2 Å². The maximum atomic E-state index is 12.9. The van der Waals surface area contributed by atoms with Crippen LogP contribution in [0.2, 0.25) is 0 Å². The van der Waals surface area contributed by atoms with Gasteiger partial charge >= 0.3 is 0 Å². The Morgan fingerprint density at radius 2 is 2.00 bits per heavy atom. The monoisotopic (exact) mass is 350 g/mol. The highest BCUT2D eigenvalue weighted by Gasteiger charge is 2.24. The molecule has 26 heavy (non-hydrogen) atoms. The van der Waals surface area contributed by atoms with Gasteiger partial charge in [-0.3, -0.25) is 4.79 Å². The number of aromatic nitrogens is 1. The number of hydrogen-bond acceptors (Lipinski definition) is 3. The summed E-state index contributed by atoms with van der Waals surface area (Å²) in [6, 6.07) is 13.7. The first-order chi connectivity index (χ1) is 12.7. The molecular weight excluding hydrogens is 328 g/mol. The molecule has 0 atom stereocenters. The van der Waals surface area contributed by atoms with Gasteiger partial charge in [-0.25, -0.2) is 0 Å². The smallest absolute Gasteiger partial charge is 0.227 e. The van der Waals surface area contributed by atoms with Crippen LogP contribution < -0.4 is 9.47 Å². The molecule has 1 aromatic heterocycles. The highest BCUT2D eigenvalue weighted by molar-refractivity contribution is 5.87. The third kappa shape index (κ3) is 2.90. The summed E-state index contributed by atoms with van der Waals surface area (Å²) in [7, 11) is 3.30. The third-order valence-electron chi connectivity index (χ3n) is 5.07. The van der Waals surface area contributed by atoms with Crippen molar-refractivity contribution in [3.63, 3.8) is 0 Å². The van der Waals surface area contributed by atoms with Crippen LogP contribution in [-0.4, -0.2) is 36.6 Å². The summed E-state index contributed by atoms with van der Waals surface area (Å²) in [5.41, 5.74) is 4.43. The maximum Gasteiger partial charge on any atom is 0.227 e. The van der Waals surface area contributed by atoms with Gasteiger partial charge in [0.05, 0.1) is 20.6 Å². The zero-order valence-electron chi connectivity index (χ0n) is 15.0. The maximum absolute atomic E-state index is 12.9. The first-order valence-electron chi connectivity index (χ1n) is 8.76. The number of nitrogens with one attached hydrogen (secondary N) is 1. The van der Waals surface area contributed by atoms with Crippen LogP contribution >= 0.6 is 0 Å². The second kappa shape index (κ2) is 6.75. The number of para-hydroxylation sites is 1. The molecule has 4 rings (SSSR count). The van der Waals surface area contributed by atoms with Crippen molar-refractivity contribution in [2.24, 2.45) is 0 Å². The Balaban J connectivity index is 1.58. The molecule has 1 aliphatic heterocycles. The molecule has 5 heteroatoms. The van der Waals surface area contributed by atoms with Gasteiger partial charge in [-0.05, 0) is 24.3 Å². The lowest BCUT2D eigenvalue weighted by Crippen LogP contribution is -2.36. The normalized spacial score (nSPS) is 13.5. The molecule has 0 saturated heterocycles. The number of rotatable bonds is 4. The fourth-order valence-electron chi connectivity index (χ4n) is 3.66. The van der Waals surface area contributed by atoms with Crippen LogP contribution in [0.1, 0.15) is 16.8 Å². The Bertz CT molecular complexity index is 961. The van der Waals surface area contributed by atoms with Crippen molar-refractivity contribution >= 4 is 16.8 Å². The third-order valence-corrected chi connectivity index (χ3v) is 5.07. The minimum Gasteiger partial charge on any atom is -0.497 e. The van der Waals surface area contributed by atoms with E-state index in [0.717, 1.165) is 40.9 Å². The zero-order chi connectivity index (χ0) is 18.1. The van der Waals surface area contributed by atoms with Gasteiger partial charge in [0.25, 0.3) is 0 Å². The predicted octanol–water partition coefficient (Wildman–Crippen LogP) is 3.31. The summed E-state index contributed by atoms with van der Waals surface area (Å²) in [6.45, 7) is 1.35. The van der Waals surface area contributed by atoms with Crippen molar-refractivity contribution in [1.29, 1.82) is 0 Å². The zero-order valence-corrected chi connectivity index (χ0v) is 15.0. The molecule has 2 aromatic carbocycles. The Morgan fingerprint density at radius 1 is 1.15 bits per heavy atom. The number of hydrogen-bond donors (Lipinski definition) is 1. The molecule has 0 spiro atoms. The summed E-state index contributed by atoms with van der Waals surface area (Å²) in [4.78, 5) is 18.3. The number of carbonyl (C=O) groups is 1. The van der Waals surface area contributed by atoms with E-state index in [1.165, 1.54) is 11.3 Å². The first-order valence-corrected chi connectivity index (χ1v) is 8.76. The molecule has 0 bridgehead atoms. The van der Waals surface area contributed by atoms with Crippen LogP contribution in [0.5, 0.6) is 11.5 Å². The number of H-pyrrole nitrogens is 1. The lowest BCUT2D eigenvalue weighted by molar-refractivity contribution is -0.131. The highest BCUT2D eigenvalue weighted by atomic mass is 16.5. The van der Waals surface area contributed by atoms with Crippen molar-refractivity contribution < 1.29 is 14.3 Å². The average Bonchev–Trinajstić information content (AvgIpc) is 3.05. The van der Waals surface area contributed by atoms with Gasteiger partial charge in [0.1, 0.15) is 11.5 Å². The molecule has 1 amide bonds. The minimum absolute atomic E-state index is 0.123. The lowest BCUT2D eigenvalue weighted by atomic mass is 10.0. The lowest BCUT2D eigenvalue weighted by Gasteiger charge is -2.27. The number of nitrogens with zero attached hydrogens (tertiary/aromatic N) is 1. The van der Waals surface area contributed by atoms with E-state index in [9.17, 15) is 4.79 Å². The van der Waals surface area contributed by atoms with E-state index in [1.807, 2.05) is 47.4 Å². The Kier molecular flexibility index (Phi) is 4.29. The minimum atomic E-state index is 0.123. The fraction of sp³-hybridized carbons (Fsp3) is 0.286. The van der Waals surface area contributed by atoms with Crippen molar-refractivity contribution in [3.8, 4) is 11.5 Å². The van der Waals surface area contributed by atoms with E-state index in [2.05, 4.69) is 4.98 Å². The van der Waals surface area contributed by atoms with Crippen LogP contribution in [0.4, 0.5) is 0 Å². The molecule has 3 aromatic rings. The largest absolute Gasteiger partial charge is 0.497 e. The molecule has 0 fully saturated rings. The van der Waals surface area contributed by atoms with Gasteiger partial charge in [-0.15, -0.1) is 0 Å². The quantitative estimate of drug-likeness (QED) is 0.785. The Morgan fingerprint density at radius 3 is 2.81 bits per heavy atom. The topological polar surface area (TPSA) is 54.6 Å². The van der Waals surface area contributed by atoms with E-state index in [4.69, 9.17) is 9.47 Å². The number of fused-ring (bicyclic) bond motifs is 3. The van der Waals surface area contributed by atoms with E-state index in [0.29, 0.717) is 13.0 Å². The summed E-state index contributed by atoms with van der Waals surface area (Å²) >= 11 is 0.